The molecule has 0 atom stereocenters. The standard InChI is InChI=1S/C16H17I/c17-12-6-11-15-9-4-5-10-16(15)13-14-7-2-1-3-8-14/h1-5,7-10H,6,11-13H2. The van der Waals surface area contributed by atoms with E-state index in [4.69, 9.17) is 0 Å². The first-order chi connectivity index (χ1) is 8.40. The summed E-state index contributed by atoms with van der Waals surface area (Å²) >= 11 is 2.45. The molecule has 0 heterocycles. The molecular formula is C16H17I. The normalized spacial score (nSPS) is 10.4. The molecule has 0 nitrogen and oxygen atoms in total. The van der Waals surface area contributed by atoms with Crippen molar-refractivity contribution < 1.29 is 0 Å². The Hall–Kier alpha value is -0.830. The fourth-order valence-electron chi connectivity index (χ4n) is 2.05. The predicted octanol–water partition coefficient (Wildman–Crippen LogP) is 4.65. The van der Waals surface area contributed by atoms with Gasteiger partial charge in [0.25, 0.3) is 0 Å². The van der Waals surface area contributed by atoms with Gasteiger partial charge in [0.1, 0.15) is 0 Å². The number of hydrogen-bond donors (Lipinski definition) is 0. The summed E-state index contributed by atoms with van der Waals surface area (Å²) in [6, 6.07) is 19.5. The molecule has 88 valence electrons. The van der Waals surface area contributed by atoms with Crippen molar-refractivity contribution in [2.45, 2.75) is 19.3 Å². The zero-order chi connectivity index (χ0) is 11.9. The third-order valence-electron chi connectivity index (χ3n) is 2.94. The van der Waals surface area contributed by atoms with Crippen LogP contribution in [-0.4, -0.2) is 4.43 Å². The second-order valence-electron chi connectivity index (χ2n) is 4.22. The van der Waals surface area contributed by atoms with E-state index >= 15 is 0 Å². The third-order valence-corrected chi connectivity index (χ3v) is 3.70. The molecule has 0 bridgehead atoms. The number of benzene rings is 2. The van der Waals surface area contributed by atoms with Gasteiger partial charge in [0, 0.05) is 0 Å². The minimum absolute atomic E-state index is 1.05. The van der Waals surface area contributed by atoms with Gasteiger partial charge < -0.3 is 0 Å². The molecule has 0 saturated carbocycles. The smallest absolute Gasteiger partial charge is 0.000156 e. The molecule has 0 saturated heterocycles. The van der Waals surface area contributed by atoms with Crippen molar-refractivity contribution in [1.82, 2.24) is 0 Å². The number of rotatable bonds is 5. The average Bonchev–Trinajstić information content (AvgIpc) is 2.39. The molecule has 0 aliphatic rings. The quantitative estimate of drug-likeness (QED) is 0.551. The highest BCUT2D eigenvalue weighted by molar-refractivity contribution is 14.1. The Bertz CT molecular complexity index is 448. The largest absolute Gasteiger partial charge is 0.0864 e. The Morgan fingerprint density at radius 3 is 2.12 bits per heavy atom. The first kappa shape index (κ1) is 12.6. The molecule has 17 heavy (non-hydrogen) atoms. The summed E-state index contributed by atoms with van der Waals surface area (Å²) in [4.78, 5) is 0. The predicted molar refractivity (Wildman–Crippen MR) is 82.9 cm³/mol. The molecule has 0 spiro atoms. The molecule has 0 aliphatic carbocycles. The first-order valence-electron chi connectivity index (χ1n) is 6.07. The van der Waals surface area contributed by atoms with Crippen molar-refractivity contribution >= 4 is 22.6 Å². The Kier molecular flexibility index (Phi) is 5.05. The SMILES string of the molecule is ICCCc1ccccc1Cc1ccccc1. The van der Waals surface area contributed by atoms with Crippen LogP contribution in [0.5, 0.6) is 0 Å². The highest BCUT2D eigenvalue weighted by atomic mass is 127. The Balaban J connectivity index is 2.15. The Morgan fingerprint density at radius 2 is 1.41 bits per heavy atom. The molecule has 2 rings (SSSR count). The van der Waals surface area contributed by atoms with Crippen molar-refractivity contribution in [3.63, 3.8) is 0 Å². The summed E-state index contributed by atoms with van der Waals surface area (Å²) in [5.41, 5.74) is 4.38. The van der Waals surface area contributed by atoms with Gasteiger partial charge in [-0.25, -0.2) is 0 Å². The Morgan fingerprint density at radius 1 is 0.765 bits per heavy atom. The van der Waals surface area contributed by atoms with Gasteiger partial charge in [-0.3, -0.25) is 0 Å². The second kappa shape index (κ2) is 6.80. The summed E-state index contributed by atoms with van der Waals surface area (Å²) in [6.07, 6.45) is 3.52. The van der Waals surface area contributed by atoms with Gasteiger partial charge in [-0.05, 0) is 40.4 Å². The Labute approximate surface area is 117 Å². The fourth-order valence-corrected chi connectivity index (χ4v) is 2.43. The third kappa shape index (κ3) is 3.84. The van der Waals surface area contributed by atoms with Crippen LogP contribution in [0.3, 0.4) is 0 Å². The lowest BCUT2D eigenvalue weighted by Gasteiger charge is -2.08. The number of halogens is 1. The van der Waals surface area contributed by atoms with Gasteiger partial charge in [0.2, 0.25) is 0 Å². The number of alkyl halides is 1. The van der Waals surface area contributed by atoms with Gasteiger partial charge in [-0.2, -0.15) is 0 Å². The second-order valence-corrected chi connectivity index (χ2v) is 5.30. The number of aryl methyl sites for hydroxylation is 1. The van der Waals surface area contributed by atoms with Crippen LogP contribution in [0.1, 0.15) is 23.1 Å². The van der Waals surface area contributed by atoms with Crippen molar-refractivity contribution in [2.75, 3.05) is 4.43 Å². The minimum Gasteiger partial charge on any atom is -0.0864 e. The molecule has 2 aromatic carbocycles. The minimum atomic E-state index is 1.05. The van der Waals surface area contributed by atoms with Crippen LogP contribution < -0.4 is 0 Å². The van der Waals surface area contributed by atoms with E-state index in [9.17, 15) is 0 Å². The molecule has 0 fully saturated rings. The van der Waals surface area contributed by atoms with Gasteiger partial charge >= 0.3 is 0 Å². The van der Waals surface area contributed by atoms with E-state index in [1.165, 1.54) is 34.0 Å². The molecule has 0 radical (unpaired) electrons. The van der Waals surface area contributed by atoms with Gasteiger partial charge in [0.05, 0.1) is 0 Å². The van der Waals surface area contributed by atoms with Crippen LogP contribution in [-0.2, 0) is 12.8 Å². The highest BCUT2D eigenvalue weighted by Crippen LogP contribution is 2.16. The maximum absolute atomic E-state index is 2.45. The van der Waals surface area contributed by atoms with Crippen LogP contribution in [0.15, 0.2) is 54.6 Å². The van der Waals surface area contributed by atoms with Crippen LogP contribution in [0, 0.1) is 0 Å². The molecule has 0 amide bonds. The lowest BCUT2D eigenvalue weighted by molar-refractivity contribution is 0.924. The molecule has 0 aliphatic heterocycles. The summed E-state index contributed by atoms with van der Waals surface area (Å²) in [5.74, 6) is 0. The average molecular weight is 336 g/mol. The van der Waals surface area contributed by atoms with Crippen LogP contribution >= 0.6 is 22.6 Å². The van der Waals surface area contributed by atoms with E-state index in [-0.39, 0.29) is 0 Å². The van der Waals surface area contributed by atoms with Crippen molar-refractivity contribution in [2.24, 2.45) is 0 Å². The summed E-state index contributed by atoms with van der Waals surface area (Å²) < 4.78 is 1.23. The molecular weight excluding hydrogens is 319 g/mol. The van der Waals surface area contributed by atoms with Crippen molar-refractivity contribution in [3.8, 4) is 0 Å². The van der Waals surface area contributed by atoms with Crippen LogP contribution in [0.2, 0.25) is 0 Å². The molecule has 0 aromatic heterocycles. The summed E-state index contributed by atoms with van der Waals surface area (Å²) in [5, 5.41) is 0. The highest BCUT2D eigenvalue weighted by Gasteiger charge is 2.02. The summed E-state index contributed by atoms with van der Waals surface area (Å²) in [6.45, 7) is 0. The zero-order valence-corrected chi connectivity index (χ0v) is 12.1. The van der Waals surface area contributed by atoms with E-state index in [2.05, 4.69) is 77.2 Å². The van der Waals surface area contributed by atoms with E-state index in [0.717, 1.165) is 6.42 Å². The topological polar surface area (TPSA) is 0 Å². The monoisotopic (exact) mass is 336 g/mol. The lowest BCUT2D eigenvalue weighted by atomic mass is 9.97. The van der Waals surface area contributed by atoms with Crippen molar-refractivity contribution in [3.05, 3.63) is 71.3 Å². The van der Waals surface area contributed by atoms with E-state index in [1.54, 1.807) is 0 Å². The zero-order valence-electron chi connectivity index (χ0n) is 9.90. The maximum Gasteiger partial charge on any atom is -0.000156 e. The van der Waals surface area contributed by atoms with Gasteiger partial charge in [-0.15, -0.1) is 0 Å². The maximum atomic E-state index is 2.45. The van der Waals surface area contributed by atoms with Crippen LogP contribution in [0.25, 0.3) is 0 Å². The van der Waals surface area contributed by atoms with Gasteiger partial charge in [0.15, 0.2) is 0 Å². The lowest BCUT2D eigenvalue weighted by Crippen LogP contribution is -1.96. The molecule has 0 unspecified atom stereocenters. The molecule has 2 aromatic rings. The van der Waals surface area contributed by atoms with E-state index in [1.807, 2.05) is 0 Å². The van der Waals surface area contributed by atoms with E-state index in [0.29, 0.717) is 0 Å². The van der Waals surface area contributed by atoms with E-state index < -0.39 is 0 Å². The molecule has 0 N–H and O–H groups in total. The molecule has 1 heteroatoms. The van der Waals surface area contributed by atoms with Crippen LogP contribution in [0.4, 0.5) is 0 Å². The summed E-state index contributed by atoms with van der Waals surface area (Å²) in [7, 11) is 0. The number of hydrogen-bond acceptors (Lipinski definition) is 0. The van der Waals surface area contributed by atoms with Crippen molar-refractivity contribution in [1.29, 1.82) is 0 Å². The van der Waals surface area contributed by atoms with Gasteiger partial charge in [-0.1, -0.05) is 77.2 Å². The first-order valence-corrected chi connectivity index (χ1v) is 7.59. The fraction of sp³-hybridized carbons (Fsp3) is 0.250.